The molecule has 2 N–H and O–H groups in total. The van der Waals surface area contributed by atoms with Gasteiger partial charge in [0.05, 0.1) is 18.2 Å². The SMILES string of the molecule is O=C(CC1CC2CCCCC2C1)N[C@H](CN1CCCC1)[C@H](O)C1CCCC(OC(F)(F)F)C1. The standard InChI is InChI=1S/C25H41F3N2O3/c26-25(27,28)33-21-9-5-8-20(15-21)24(32)22(16-30-10-3-4-11-30)29-23(31)14-17-12-18-6-1-2-7-19(18)13-17/h17-22,24,32H,1-16H2,(H,29,31)/t17?,18?,19?,20?,21?,22-,24-/m1/s1. The number of hydrogen-bond donors (Lipinski definition) is 2. The van der Waals surface area contributed by atoms with Crippen molar-refractivity contribution < 1.29 is 27.8 Å². The molecule has 1 aliphatic heterocycles. The van der Waals surface area contributed by atoms with Gasteiger partial charge in [0.15, 0.2) is 0 Å². The molecule has 4 rings (SSSR count). The highest BCUT2D eigenvalue weighted by molar-refractivity contribution is 5.76. The van der Waals surface area contributed by atoms with Crippen molar-refractivity contribution in [1.82, 2.24) is 10.2 Å². The lowest BCUT2D eigenvalue weighted by molar-refractivity contribution is -0.347. The Bertz CT molecular complexity index is 627. The molecule has 0 aromatic carbocycles. The molecule has 3 saturated carbocycles. The number of nitrogens with one attached hydrogen (secondary N) is 1. The summed E-state index contributed by atoms with van der Waals surface area (Å²) in [5.74, 6) is 1.65. The number of halogens is 3. The summed E-state index contributed by atoms with van der Waals surface area (Å²) in [6.45, 7) is 2.44. The highest BCUT2D eigenvalue weighted by atomic mass is 19.4. The molecule has 1 saturated heterocycles. The predicted molar refractivity (Wildman–Crippen MR) is 119 cm³/mol. The third-order valence-electron chi connectivity index (χ3n) is 8.67. The molecule has 3 aliphatic carbocycles. The molecule has 6 atom stereocenters. The lowest BCUT2D eigenvalue weighted by atomic mass is 9.81. The van der Waals surface area contributed by atoms with E-state index in [9.17, 15) is 23.1 Å². The predicted octanol–water partition coefficient (Wildman–Crippen LogP) is 4.63. The van der Waals surface area contributed by atoms with E-state index in [1.165, 1.54) is 25.7 Å². The van der Waals surface area contributed by atoms with Crippen molar-refractivity contribution in [3.8, 4) is 0 Å². The number of likely N-dealkylation sites (tertiary alicyclic amines) is 1. The Morgan fingerprint density at radius 1 is 0.970 bits per heavy atom. The van der Waals surface area contributed by atoms with Crippen molar-refractivity contribution in [2.75, 3.05) is 19.6 Å². The van der Waals surface area contributed by atoms with Crippen molar-refractivity contribution in [3.63, 3.8) is 0 Å². The van der Waals surface area contributed by atoms with Gasteiger partial charge in [0.1, 0.15) is 0 Å². The molecular weight excluding hydrogens is 433 g/mol. The summed E-state index contributed by atoms with van der Waals surface area (Å²) in [4.78, 5) is 15.3. The summed E-state index contributed by atoms with van der Waals surface area (Å²) in [7, 11) is 0. The number of ether oxygens (including phenoxy) is 1. The fourth-order valence-corrected chi connectivity index (χ4v) is 7.15. The second-order valence-corrected chi connectivity index (χ2v) is 11.1. The highest BCUT2D eigenvalue weighted by Gasteiger charge is 2.40. The van der Waals surface area contributed by atoms with Crippen molar-refractivity contribution in [2.45, 2.75) is 108 Å². The van der Waals surface area contributed by atoms with E-state index in [1.54, 1.807) is 0 Å². The maximum atomic E-state index is 13.0. The molecule has 4 fully saturated rings. The Morgan fingerprint density at radius 3 is 2.27 bits per heavy atom. The molecular formula is C25H41F3N2O3. The Hall–Kier alpha value is -0.860. The molecule has 5 nitrogen and oxygen atoms in total. The minimum Gasteiger partial charge on any atom is -0.391 e. The minimum atomic E-state index is -4.65. The smallest absolute Gasteiger partial charge is 0.391 e. The van der Waals surface area contributed by atoms with Crippen LogP contribution in [0.1, 0.15) is 83.5 Å². The normalized spacial score (nSPS) is 35.2. The van der Waals surface area contributed by atoms with Crippen molar-refractivity contribution in [3.05, 3.63) is 0 Å². The number of carbonyl (C=O) groups excluding carboxylic acids is 1. The van der Waals surface area contributed by atoms with Crippen LogP contribution in [0.3, 0.4) is 0 Å². The number of nitrogens with zero attached hydrogens (tertiary/aromatic N) is 1. The molecule has 4 aliphatic rings. The Kier molecular flexibility index (Phi) is 8.61. The van der Waals surface area contributed by atoms with Gasteiger partial charge in [-0.15, -0.1) is 13.2 Å². The van der Waals surface area contributed by atoms with Gasteiger partial charge in [-0.1, -0.05) is 32.1 Å². The van der Waals surface area contributed by atoms with Gasteiger partial charge in [0, 0.05) is 13.0 Å². The van der Waals surface area contributed by atoms with E-state index >= 15 is 0 Å². The average molecular weight is 475 g/mol. The number of hydrogen-bond acceptors (Lipinski definition) is 4. The topological polar surface area (TPSA) is 61.8 Å². The number of rotatable bonds is 8. The fourth-order valence-electron chi connectivity index (χ4n) is 7.15. The average Bonchev–Trinajstić information content (AvgIpc) is 3.40. The monoisotopic (exact) mass is 474 g/mol. The van der Waals surface area contributed by atoms with Crippen LogP contribution in [0.5, 0.6) is 0 Å². The van der Waals surface area contributed by atoms with Crippen LogP contribution in [-0.2, 0) is 9.53 Å². The second kappa shape index (κ2) is 11.3. The number of carbonyl (C=O) groups is 1. The first-order chi connectivity index (χ1) is 15.8. The molecule has 0 aromatic rings. The van der Waals surface area contributed by atoms with Crippen LogP contribution >= 0.6 is 0 Å². The van der Waals surface area contributed by atoms with Gasteiger partial charge in [-0.2, -0.15) is 0 Å². The lowest BCUT2D eigenvalue weighted by Crippen LogP contribution is -2.53. The fraction of sp³-hybridized carbons (Fsp3) is 0.960. The molecule has 0 bridgehead atoms. The summed E-state index contributed by atoms with van der Waals surface area (Å²) in [6, 6.07) is -0.450. The van der Waals surface area contributed by atoms with Crippen LogP contribution in [0.15, 0.2) is 0 Å². The lowest BCUT2D eigenvalue weighted by Gasteiger charge is -2.37. The van der Waals surface area contributed by atoms with E-state index in [2.05, 4.69) is 15.0 Å². The number of fused-ring (bicyclic) bond motifs is 1. The quantitative estimate of drug-likeness (QED) is 0.539. The maximum absolute atomic E-state index is 13.0. The molecule has 0 radical (unpaired) electrons. The molecule has 0 aromatic heterocycles. The highest BCUT2D eigenvalue weighted by Crippen LogP contribution is 2.46. The number of amides is 1. The van der Waals surface area contributed by atoms with Gasteiger partial charge in [0.2, 0.25) is 5.91 Å². The Labute approximate surface area is 195 Å². The largest absolute Gasteiger partial charge is 0.522 e. The first kappa shape index (κ1) is 25.2. The van der Waals surface area contributed by atoms with E-state index in [-0.39, 0.29) is 18.2 Å². The van der Waals surface area contributed by atoms with Crippen LogP contribution in [0.25, 0.3) is 0 Å². The van der Waals surface area contributed by atoms with Crippen molar-refractivity contribution in [2.24, 2.45) is 23.7 Å². The van der Waals surface area contributed by atoms with Gasteiger partial charge >= 0.3 is 6.36 Å². The van der Waals surface area contributed by atoms with Gasteiger partial charge in [-0.25, -0.2) is 0 Å². The minimum absolute atomic E-state index is 0.0132. The second-order valence-electron chi connectivity index (χ2n) is 11.1. The summed E-state index contributed by atoms with van der Waals surface area (Å²) < 4.78 is 42.5. The van der Waals surface area contributed by atoms with Gasteiger partial charge < -0.3 is 15.3 Å². The molecule has 33 heavy (non-hydrogen) atoms. The Balaban J connectivity index is 1.34. The molecule has 1 heterocycles. The zero-order valence-corrected chi connectivity index (χ0v) is 19.7. The summed E-state index contributed by atoms with van der Waals surface area (Å²) in [5.41, 5.74) is 0. The Morgan fingerprint density at radius 2 is 1.64 bits per heavy atom. The third-order valence-corrected chi connectivity index (χ3v) is 8.67. The van der Waals surface area contributed by atoms with Crippen molar-refractivity contribution >= 4 is 5.91 Å². The molecule has 190 valence electrons. The maximum Gasteiger partial charge on any atom is 0.522 e. The van der Waals surface area contributed by atoms with Crippen LogP contribution in [0, 0.1) is 23.7 Å². The van der Waals surface area contributed by atoms with E-state index in [0.29, 0.717) is 38.1 Å². The third kappa shape index (κ3) is 7.31. The van der Waals surface area contributed by atoms with E-state index in [0.717, 1.165) is 50.6 Å². The summed E-state index contributed by atoms with van der Waals surface area (Å²) >= 11 is 0. The van der Waals surface area contributed by atoms with Gasteiger partial charge in [-0.3, -0.25) is 9.53 Å². The van der Waals surface area contributed by atoms with Crippen LogP contribution in [-0.4, -0.2) is 60.2 Å². The van der Waals surface area contributed by atoms with Crippen LogP contribution in [0.4, 0.5) is 13.2 Å². The molecule has 1 amide bonds. The molecule has 4 unspecified atom stereocenters. The number of alkyl halides is 3. The molecule has 8 heteroatoms. The van der Waals surface area contributed by atoms with Gasteiger partial charge in [0.25, 0.3) is 0 Å². The van der Waals surface area contributed by atoms with E-state index in [1.807, 2.05) is 0 Å². The van der Waals surface area contributed by atoms with E-state index < -0.39 is 24.6 Å². The van der Waals surface area contributed by atoms with Gasteiger partial charge in [-0.05, 0) is 81.7 Å². The number of aliphatic hydroxyl groups excluding tert-OH is 1. The zero-order valence-electron chi connectivity index (χ0n) is 19.7. The zero-order chi connectivity index (χ0) is 23.4. The summed E-state index contributed by atoms with van der Waals surface area (Å²) in [5, 5.41) is 14.3. The van der Waals surface area contributed by atoms with Crippen molar-refractivity contribution in [1.29, 1.82) is 0 Å². The van der Waals surface area contributed by atoms with Crippen LogP contribution in [0.2, 0.25) is 0 Å². The van der Waals surface area contributed by atoms with Crippen LogP contribution < -0.4 is 5.32 Å². The first-order valence-corrected chi connectivity index (χ1v) is 13.2. The number of aliphatic hydroxyl groups is 1. The summed E-state index contributed by atoms with van der Waals surface area (Å²) in [6.07, 6.45) is 5.55. The molecule has 0 spiro atoms. The first-order valence-electron chi connectivity index (χ1n) is 13.2. The van der Waals surface area contributed by atoms with E-state index in [4.69, 9.17) is 0 Å².